The van der Waals surface area contributed by atoms with Crippen LogP contribution in [0.25, 0.3) is 0 Å². The van der Waals surface area contributed by atoms with E-state index in [0.29, 0.717) is 5.41 Å². The average molecular weight is 224 g/mol. The molecule has 0 spiro atoms. The van der Waals surface area contributed by atoms with Crippen LogP contribution in [-0.4, -0.2) is 49.8 Å². The summed E-state index contributed by atoms with van der Waals surface area (Å²) < 4.78 is 5.30. The maximum Gasteiger partial charge on any atom is 0.0554 e. The van der Waals surface area contributed by atoms with Gasteiger partial charge in [-0.1, -0.05) is 6.92 Å². The second kappa shape index (κ2) is 4.28. The molecule has 3 saturated heterocycles. The van der Waals surface area contributed by atoms with Crippen LogP contribution in [0, 0.1) is 5.41 Å². The molecule has 0 aromatic rings. The van der Waals surface area contributed by atoms with Gasteiger partial charge in [0, 0.05) is 24.0 Å². The Balaban J connectivity index is 1.45. The standard InChI is InChI=1S/C13H24N2O/c1-13(9-16-10-13)8-14-11-4-6-15-5-2-3-12(15)7-11/h11-12,14H,2-10H2,1H3. The van der Waals surface area contributed by atoms with Gasteiger partial charge in [0.15, 0.2) is 0 Å². The van der Waals surface area contributed by atoms with Crippen LogP contribution in [0.2, 0.25) is 0 Å². The van der Waals surface area contributed by atoms with Gasteiger partial charge in [0.2, 0.25) is 0 Å². The molecule has 0 radical (unpaired) electrons. The van der Waals surface area contributed by atoms with E-state index in [1.165, 1.54) is 38.8 Å². The van der Waals surface area contributed by atoms with Crippen LogP contribution in [0.5, 0.6) is 0 Å². The maximum absolute atomic E-state index is 5.30. The molecule has 2 atom stereocenters. The normalized spacial score (nSPS) is 38.1. The van der Waals surface area contributed by atoms with Crippen molar-refractivity contribution in [1.29, 1.82) is 0 Å². The zero-order chi connectivity index (χ0) is 11.0. The molecule has 0 bridgehead atoms. The third-order valence-corrected chi connectivity index (χ3v) is 4.54. The van der Waals surface area contributed by atoms with Crippen LogP contribution in [0.3, 0.4) is 0 Å². The van der Waals surface area contributed by atoms with Crippen LogP contribution in [-0.2, 0) is 4.74 Å². The Bertz CT molecular complexity index is 252. The second-order valence-corrected chi connectivity index (χ2v) is 6.24. The molecule has 3 fully saturated rings. The molecule has 3 aliphatic heterocycles. The molecule has 3 rings (SSSR count). The zero-order valence-corrected chi connectivity index (χ0v) is 10.4. The lowest BCUT2D eigenvalue weighted by molar-refractivity contribution is -0.101. The summed E-state index contributed by atoms with van der Waals surface area (Å²) in [5.74, 6) is 0. The summed E-state index contributed by atoms with van der Waals surface area (Å²) in [4.78, 5) is 2.69. The number of hydrogen-bond donors (Lipinski definition) is 1. The van der Waals surface area contributed by atoms with Gasteiger partial charge in [-0.15, -0.1) is 0 Å². The van der Waals surface area contributed by atoms with Crippen LogP contribution >= 0.6 is 0 Å². The number of ether oxygens (including phenoxy) is 1. The van der Waals surface area contributed by atoms with Crippen molar-refractivity contribution in [2.75, 3.05) is 32.8 Å². The molecule has 3 heterocycles. The summed E-state index contributed by atoms with van der Waals surface area (Å²) in [6.07, 6.45) is 5.56. The van der Waals surface area contributed by atoms with E-state index in [-0.39, 0.29) is 0 Å². The SMILES string of the molecule is CC1(CNC2CCN3CCCC3C2)COC1. The molecule has 3 heteroatoms. The Hall–Kier alpha value is -0.120. The predicted octanol–water partition coefficient (Wildman–Crippen LogP) is 1.24. The topological polar surface area (TPSA) is 24.5 Å². The minimum absolute atomic E-state index is 0.423. The number of nitrogens with one attached hydrogen (secondary N) is 1. The van der Waals surface area contributed by atoms with Crippen molar-refractivity contribution in [3.63, 3.8) is 0 Å². The predicted molar refractivity (Wildman–Crippen MR) is 64.5 cm³/mol. The maximum atomic E-state index is 5.30. The van der Waals surface area contributed by atoms with E-state index in [2.05, 4.69) is 17.1 Å². The number of piperidine rings is 1. The number of rotatable bonds is 3. The molecule has 1 N–H and O–H groups in total. The van der Waals surface area contributed by atoms with Crippen LogP contribution in [0.1, 0.15) is 32.6 Å². The van der Waals surface area contributed by atoms with E-state index < -0.39 is 0 Å². The van der Waals surface area contributed by atoms with Crippen molar-refractivity contribution >= 4 is 0 Å². The molecule has 0 aromatic heterocycles. The Morgan fingerprint density at radius 2 is 2.19 bits per heavy atom. The minimum Gasteiger partial charge on any atom is -0.380 e. The zero-order valence-electron chi connectivity index (χ0n) is 10.4. The lowest BCUT2D eigenvalue weighted by atomic mass is 9.87. The fraction of sp³-hybridized carbons (Fsp3) is 1.00. The summed E-state index contributed by atoms with van der Waals surface area (Å²) in [6.45, 7) is 8.03. The number of nitrogens with zero attached hydrogens (tertiary/aromatic N) is 1. The first-order chi connectivity index (χ1) is 7.75. The van der Waals surface area contributed by atoms with Gasteiger partial charge >= 0.3 is 0 Å². The Morgan fingerprint density at radius 1 is 1.31 bits per heavy atom. The van der Waals surface area contributed by atoms with Crippen molar-refractivity contribution in [3.05, 3.63) is 0 Å². The van der Waals surface area contributed by atoms with E-state index in [0.717, 1.165) is 31.8 Å². The van der Waals surface area contributed by atoms with Crippen molar-refractivity contribution < 1.29 is 4.74 Å². The molecule has 3 nitrogen and oxygen atoms in total. The summed E-state index contributed by atoms with van der Waals surface area (Å²) in [7, 11) is 0. The molecule has 3 aliphatic rings. The molecular formula is C13H24N2O. The third kappa shape index (κ3) is 2.13. The minimum atomic E-state index is 0.423. The van der Waals surface area contributed by atoms with E-state index in [1.54, 1.807) is 0 Å². The Kier molecular flexibility index (Phi) is 2.94. The average Bonchev–Trinajstić information content (AvgIpc) is 2.70. The highest BCUT2D eigenvalue weighted by Crippen LogP contribution is 2.29. The molecule has 0 saturated carbocycles. The molecule has 92 valence electrons. The molecule has 0 aromatic carbocycles. The van der Waals surface area contributed by atoms with Gasteiger partial charge in [-0.2, -0.15) is 0 Å². The summed E-state index contributed by atoms with van der Waals surface area (Å²) >= 11 is 0. The van der Waals surface area contributed by atoms with Crippen molar-refractivity contribution in [2.45, 2.75) is 44.7 Å². The first kappa shape index (κ1) is 11.0. The van der Waals surface area contributed by atoms with E-state index >= 15 is 0 Å². The molecule has 2 unspecified atom stereocenters. The summed E-state index contributed by atoms with van der Waals surface area (Å²) in [5, 5.41) is 3.77. The second-order valence-electron chi connectivity index (χ2n) is 6.24. The van der Waals surface area contributed by atoms with Crippen molar-refractivity contribution in [1.82, 2.24) is 10.2 Å². The van der Waals surface area contributed by atoms with E-state index in [9.17, 15) is 0 Å². The smallest absolute Gasteiger partial charge is 0.0554 e. The third-order valence-electron chi connectivity index (χ3n) is 4.54. The van der Waals surface area contributed by atoms with Gasteiger partial charge < -0.3 is 15.0 Å². The van der Waals surface area contributed by atoms with Crippen molar-refractivity contribution in [2.24, 2.45) is 5.41 Å². The molecular weight excluding hydrogens is 200 g/mol. The lowest BCUT2D eigenvalue weighted by Crippen LogP contribution is -2.52. The van der Waals surface area contributed by atoms with Gasteiger partial charge in [0.1, 0.15) is 0 Å². The highest BCUT2D eigenvalue weighted by molar-refractivity contribution is 4.91. The number of hydrogen-bond acceptors (Lipinski definition) is 3. The first-order valence-corrected chi connectivity index (χ1v) is 6.80. The van der Waals surface area contributed by atoms with Gasteiger partial charge in [-0.3, -0.25) is 0 Å². The van der Waals surface area contributed by atoms with E-state index in [1.807, 2.05) is 0 Å². The Morgan fingerprint density at radius 3 is 2.94 bits per heavy atom. The van der Waals surface area contributed by atoms with Gasteiger partial charge in [0.05, 0.1) is 13.2 Å². The summed E-state index contributed by atoms with van der Waals surface area (Å²) in [5.41, 5.74) is 0.423. The van der Waals surface area contributed by atoms with Crippen LogP contribution < -0.4 is 5.32 Å². The molecule has 0 aliphatic carbocycles. The highest BCUT2D eigenvalue weighted by Gasteiger charge is 2.36. The number of fused-ring (bicyclic) bond motifs is 1. The molecule has 0 amide bonds. The lowest BCUT2D eigenvalue weighted by Gasteiger charge is -2.41. The first-order valence-electron chi connectivity index (χ1n) is 6.80. The van der Waals surface area contributed by atoms with Gasteiger partial charge in [0.25, 0.3) is 0 Å². The fourth-order valence-corrected chi connectivity index (χ4v) is 3.35. The quantitative estimate of drug-likeness (QED) is 0.780. The highest BCUT2D eigenvalue weighted by atomic mass is 16.5. The van der Waals surface area contributed by atoms with Gasteiger partial charge in [-0.25, -0.2) is 0 Å². The summed E-state index contributed by atoms with van der Waals surface area (Å²) in [6, 6.07) is 1.65. The molecule has 16 heavy (non-hydrogen) atoms. The van der Waals surface area contributed by atoms with Crippen LogP contribution in [0.15, 0.2) is 0 Å². The largest absolute Gasteiger partial charge is 0.380 e. The van der Waals surface area contributed by atoms with Crippen LogP contribution in [0.4, 0.5) is 0 Å². The fourth-order valence-electron chi connectivity index (χ4n) is 3.35. The van der Waals surface area contributed by atoms with Gasteiger partial charge in [-0.05, 0) is 38.8 Å². The monoisotopic (exact) mass is 224 g/mol. The van der Waals surface area contributed by atoms with Crippen molar-refractivity contribution in [3.8, 4) is 0 Å². The van der Waals surface area contributed by atoms with E-state index in [4.69, 9.17) is 4.74 Å². The Labute approximate surface area is 98.5 Å².